The molecule has 1 fully saturated rings. The van der Waals surface area contributed by atoms with Crippen molar-refractivity contribution in [1.29, 1.82) is 0 Å². The van der Waals surface area contributed by atoms with Gasteiger partial charge in [-0.2, -0.15) is 0 Å². The molecular weight excluding hydrogens is 264 g/mol. The van der Waals surface area contributed by atoms with E-state index in [0.29, 0.717) is 17.4 Å². The van der Waals surface area contributed by atoms with Crippen LogP contribution >= 0.6 is 12.8 Å². The first-order valence-corrected chi connectivity index (χ1v) is 6.57. The molecule has 0 saturated carbocycles. The Morgan fingerprint density at radius 1 is 1.47 bits per heavy atom. The molecule has 19 heavy (non-hydrogen) atoms. The predicted octanol–water partition coefficient (Wildman–Crippen LogP) is 2.32. The molecule has 5 nitrogen and oxygen atoms in total. The molecule has 1 heterocycles. The van der Waals surface area contributed by atoms with Gasteiger partial charge in [0.2, 0.25) is 0 Å². The van der Waals surface area contributed by atoms with Crippen LogP contribution in [0.4, 0.5) is 10.5 Å². The number of carbonyl (C=O) groups is 1. The molecule has 1 aliphatic heterocycles. The number of nitrogens with two attached hydrogens (primary N) is 1. The van der Waals surface area contributed by atoms with Gasteiger partial charge in [0.15, 0.2) is 0 Å². The first-order chi connectivity index (χ1) is 9.13. The van der Waals surface area contributed by atoms with Gasteiger partial charge in [0.05, 0.1) is 12.8 Å². The standard InChI is InChI=1S/C13H18N2O3S/c1-17-12-3-2-10(9-4-6-18-7-5-9)8-11(12)15(19)13(14)16/h2-3,8-9,19H,4-7H2,1H3,(H2,14,16). The van der Waals surface area contributed by atoms with E-state index in [4.69, 9.17) is 15.2 Å². The molecule has 0 bridgehead atoms. The van der Waals surface area contributed by atoms with Gasteiger partial charge in [-0.15, -0.1) is 0 Å². The number of urea groups is 1. The van der Waals surface area contributed by atoms with Crippen molar-refractivity contribution in [1.82, 2.24) is 0 Å². The van der Waals surface area contributed by atoms with Crippen LogP contribution in [0.5, 0.6) is 5.75 Å². The van der Waals surface area contributed by atoms with Crippen LogP contribution in [0.25, 0.3) is 0 Å². The molecule has 0 atom stereocenters. The quantitative estimate of drug-likeness (QED) is 0.836. The molecule has 0 unspecified atom stereocenters. The number of carbonyl (C=O) groups excluding carboxylic acids is 1. The lowest BCUT2D eigenvalue weighted by molar-refractivity contribution is 0.0853. The zero-order chi connectivity index (χ0) is 13.8. The fourth-order valence-electron chi connectivity index (χ4n) is 2.28. The second-order valence-electron chi connectivity index (χ2n) is 4.47. The fourth-order valence-corrected chi connectivity index (χ4v) is 2.43. The van der Waals surface area contributed by atoms with Crippen molar-refractivity contribution >= 4 is 24.5 Å². The van der Waals surface area contributed by atoms with E-state index in [1.54, 1.807) is 7.11 Å². The molecule has 104 valence electrons. The zero-order valence-corrected chi connectivity index (χ0v) is 11.7. The van der Waals surface area contributed by atoms with E-state index >= 15 is 0 Å². The van der Waals surface area contributed by atoms with Gasteiger partial charge in [0.25, 0.3) is 0 Å². The van der Waals surface area contributed by atoms with Gasteiger partial charge >= 0.3 is 6.03 Å². The van der Waals surface area contributed by atoms with Crippen molar-refractivity contribution in [2.24, 2.45) is 5.73 Å². The molecule has 1 aromatic rings. The van der Waals surface area contributed by atoms with Gasteiger partial charge < -0.3 is 15.2 Å². The molecule has 2 amide bonds. The Morgan fingerprint density at radius 2 is 2.16 bits per heavy atom. The van der Waals surface area contributed by atoms with Gasteiger partial charge in [-0.05, 0) is 36.5 Å². The summed E-state index contributed by atoms with van der Waals surface area (Å²) in [7, 11) is 1.55. The van der Waals surface area contributed by atoms with E-state index in [0.717, 1.165) is 35.9 Å². The molecule has 6 heteroatoms. The average molecular weight is 282 g/mol. The van der Waals surface area contributed by atoms with Crippen molar-refractivity contribution in [2.75, 3.05) is 24.6 Å². The topological polar surface area (TPSA) is 64.8 Å². The van der Waals surface area contributed by atoms with Gasteiger partial charge in [-0.1, -0.05) is 18.9 Å². The number of anilines is 1. The van der Waals surface area contributed by atoms with Gasteiger partial charge in [-0.3, -0.25) is 0 Å². The van der Waals surface area contributed by atoms with Crippen LogP contribution in [-0.2, 0) is 4.74 Å². The highest BCUT2D eigenvalue weighted by Crippen LogP contribution is 2.35. The highest BCUT2D eigenvalue weighted by atomic mass is 32.1. The molecule has 1 aromatic carbocycles. The molecule has 0 aliphatic carbocycles. The molecule has 0 spiro atoms. The lowest BCUT2D eigenvalue weighted by Crippen LogP contribution is -2.27. The van der Waals surface area contributed by atoms with Crippen LogP contribution in [-0.4, -0.2) is 26.4 Å². The highest BCUT2D eigenvalue weighted by Gasteiger charge is 2.20. The summed E-state index contributed by atoms with van der Waals surface area (Å²) in [6, 6.07) is 5.13. The maximum Gasteiger partial charge on any atom is 0.329 e. The summed E-state index contributed by atoms with van der Waals surface area (Å²) in [6.45, 7) is 1.54. The summed E-state index contributed by atoms with van der Waals surface area (Å²) >= 11 is 4.10. The largest absolute Gasteiger partial charge is 0.495 e. The second-order valence-corrected chi connectivity index (χ2v) is 4.87. The molecule has 0 aromatic heterocycles. The minimum absolute atomic E-state index is 0.438. The molecule has 0 radical (unpaired) electrons. The molecule has 1 saturated heterocycles. The number of rotatable bonds is 3. The number of amides is 2. The van der Waals surface area contributed by atoms with Crippen LogP contribution in [0, 0.1) is 0 Å². The van der Waals surface area contributed by atoms with Crippen LogP contribution in [0.1, 0.15) is 24.3 Å². The average Bonchev–Trinajstić information content (AvgIpc) is 2.46. The van der Waals surface area contributed by atoms with Crippen LogP contribution in [0.3, 0.4) is 0 Å². The Balaban J connectivity index is 2.31. The summed E-state index contributed by atoms with van der Waals surface area (Å²) in [5, 5.41) is 0. The van der Waals surface area contributed by atoms with E-state index in [-0.39, 0.29) is 0 Å². The minimum atomic E-state index is -0.634. The number of hydrogen-bond acceptors (Lipinski definition) is 4. The Hall–Kier alpha value is -1.40. The van der Waals surface area contributed by atoms with E-state index < -0.39 is 6.03 Å². The summed E-state index contributed by atoms with van der Waals surface area (Å²) < 4.78 is 11.7. The van der Waals surface area contributed by atoms with Crippen LogP contribution in [0.2, 0.25) is 0 Å². The number of hydrogen-bond donors (Lipinski definition) is 2. The van der Waals surface area contributed by atoms with E-state index in [9.17, 15) is 4.79 Å². The lowest BCUT2D eigenvalue weighted by atomic mass is 9.91. The molecular formula is C13H18N2O3S. The molecule has 2 N–H and O–H groups in total. The number of ether oxygens (including phenoxy) is 2. The van der Waals surface area contributed by atoms with Crippen LogP contribution in [0.15, 0.2) is 18.2 Å². The third kappa shape index (κ3) is 3.13. The maximum atomic E-state index is 11.3. The lowest BCUT2D eigenvalue weighted by Gasteiger charge is -2.24. The summed E-state index contributed by atoms with van der Waals surface area (Å²) in [4.78, 5) is 11.3. The van der Waals surface area contributed by atoms with Gasteiger partial charge in [0.1, 0.15) is 5.75 Å². The first kappa shape index (κ1) is 14.0. The van der Waals surface area contributed by atoms with Crippen molar-refractivity contribution in [3.63, 3.8) is 0 Å². The van der Waals surface area contributed by atoms with Gasteiger partial charge in [-0.25, -0.2) is 9.10 Å². The monoisotopic (exact) mass is 282 g/mol. The number of nitrogens with zero attached hydrogens (tertiary/aromatic N) is 1. The predicted molar refractivity (Wildman–Crippen MR) is 76.8 cm³/mol. The molecule has 2 rings (SSSR count). The number of primary amides is 1. The van der Waals surface area contributed by atoms with Crippen molar-refractivity contribution < 1.29 is 14.3 Å². The summed E-state index contributed by atoms with van der Waals surface area (Å²) in [5.41, 5.74) is 6.98. The second kappa shape index (κ2) is 6.16. The Kier molecular flexibility index (Phi) is 4.55. The Labute approximate surface area is 118 Å². The van der Waals surface area contributed by atoms with Crippen molar-refractivity contribution in [2.45, 2.75) is 18.8 Å². The third-order valence-corrected chi connectivity index (χ3v) is 3.75. The number of thiol groups is 1. The normalized spacial score (nSPS) is 16.1. The molecule has 1 aliphatic rings. The fraction of sp³-hybridized carbons (Fsp3) is 0.462. The van der Waals surface area contributed by atoms with E-state index in [1.165, 1.54) is 0 Å². The van der Waals surface area contributed by atoms with E-state index in [2.05, 4.69) is 12.8 Å². The number of benzene rings is 1. The van der Waals surface area contributed by atoms with Crippen molar-refractivity contribution in [3.05, 3.63) is 23.8 Å². The SMILES string of the molecule is COc1ccc(C2CCOCC2)cc1N(S)C(N)=O. The minimum Gasteiger partial charge on any atom is -0.495 e. The van der Waals surface area contributed by atoms with Gasteiger partial charge in [0, 0.05) is 13.2 Å². The smallest absolute Gasteiger partial charge is 0.329 e. The maximum absolute atomic E-state index is 11.3. The third-order valence-electron chi connectivity index (χ3n) is 3.33. The number of methoxy groups -OCH3 is 1. The summed E-state index contributed by atoms with van der Waals surface area (Å²) in [5.74, 6) is 1.01. The first-order valence-electron chi connectivity index (χ1n) is 6.17. The van der Waals surface area contributed by atoms with E-state index in [1.807, 2.05) is 18.2 Å². The van der Waals surface area contributed by atoms with Crippen LogP contribution < -0.4 is 14.8 Å². The zero-order valence-electron chi connectivity index (χ0n) is 10.8. The Bertz CT molecular complexity index is 461. The Morgan fingerprint density at radius 3 is 2.74 bits per heavy atom. The summed E-state index contributed by atoms with van der Waals surface area (Å²) in [6.07, 6.45) is 1.96. The highest BCUT2D eigenvalue weighted by molar-refractivity contribution is 7.82. The van der Waals surface area contributed by atoms with Crippen molar-refractivity contribution in [3.8, 4) is 5.75 Å².